The van der Waals surface area contributed by atoms with Gasteiger partial charge in [-0.1, -0.05) is 18.2 Å². The molecule has 0 radical (unpaired) electrons. The monoisotopic (exact) mass is 287 g/mol. The largest absolute Gasteiger partial charge is 0.465 e. The Hall–Kier alpha value is -2.40. The fourth-order valence-corrected chi connectivity index (χ4v) is 3.11. The van der Waals surface area contributed by atoms with Gasteiger partial charge in [0.25, 0.3) is 0 Å². The van der Waals surface area contributed by atoms with Gasteiger partial charge in [-0.05, 0) is 29.6 Å². The number of carbonyl (C=O) groups is 1. The first-order valence-corrected chi connectivity index (χ1v) is 6.79. The summed E-state index contributed by atoms with van der Waals surface area (Å²) < 4.78 is 14.6. The van der Waals surface area contributed by atoms with E-state index in [1.165, 1.54) is 18.2 Å². The average molecular weight is 287 g/mol. The van der Waals surface area contributed by atoms with Crippen molar-refractivity contribution in [1.82, 2.24) is 0 Å². The summed E-state index contributed by atoms with van der Waals surface area (Å²) in [6.07, 6.45) is -1.17. The van der Waals surface area contributed by atoms with Crippen molar-refractivity contribution >= 4 is 33.2 Å². The van der Waals surface area contributed by atoms with Gasteiger partial charge in [-0.25, -0.2) is 9.18 Å². The van der Waals surface area contributed by atoms with Crippen LogP contribution in [-0.4, -0.2) is 11.2 Å². The van der Waals surface area contributed by atoms with Gasteiger partial charge in [-0.15, -0.1) is 11.3 Å². The van der Waals surface area contributed by atoms with Crippen LogP contribution in [0.4, 0.5) is 14.9 Å². The molecule has 100 valence electrons. The van der Waals surface area contributed by atoms with Crippen molar-refractivity contribution < 1.29 is 14.3 Å². The molecule has 1 amide bonds. The van der Waals surface area contributed by atoms with Crippen LogP contribution in [0, 0.1) is 5.82 Å². The quantitative estimate of drug-likeness (QED) is 0.711. The topological polar surface area (TPSA) is 49.3 Å². The van der Waals surface area contributed by atoms with Crippen LogP contribution in [0.2, 0.25) is 0 Å². The van der Waals surface area contributed by atoms with E-state index in [1.54, 1.807) is 11.3 Å². The van der Waals surface area contributed by atoms with E-state index in [-0.39, 0.29) is 0 Å². The first-order valence-electron chi connectivity index (χ1n) is 5.91. The minimum absolute atomic E-state index is 0.377. The molecule has 0 fully saturated rings. The number of amides is 1. The Morgan fingerprint density at radius 1 is 1.15 bits per heavy atom. The predicted molar refractivity (Wildman–Crippen MR) is 78.9 cm³/mol. The normalized spacial score (nSPS) is 10.7. The number of carboxylic acid groups (broad SMARTS) is 1. The Morgan fingerprint density at radius 2 is 1.95 bits per heavy atom. The highest BCUT2D eigenvalue weighted by Crippen LogP contribution is 2.37. The van der Waals surface area contributed by atoms with Crippen LogP contribution in [0.5, 0.6) is 0 Å². The molecule has 0 spiro atoms. The molecule has 20 heavy (non-hydrogen) atoms. The zero-order valence-electron chi connectivity index (χ0n) is 10.3. The fourth-order valence-electron chi connectivity index (χ4n) is 2.15. The van der Waals surface area contributed by atoms with Crippen LogP contribution in [-0.2, 0) is 0 Å². The molecule has 3 aromatic rings. The molecule has 3 rings (SSSR count). The van der Waals surface area contributed by atoms with Gasteiger partial charge < -0.3 is 5.11 Å². The lowest BCUT2D eigenvalue weighted by atomic mass is 10.0. The number of hydrogen-bond acceptors (Lipinski definition) is 2. The SMILES string of the molecule is O=C(O)Nc1ccc(F)cc1-c1csc2ccccc12. The second-order valence-corrected chi connectivity index (χ2v) is 5.18. The van der Waals surface area contributed by atoms with Crippen molar-refractivity contribution in [3.63, 3.8) is 0 Å². The minimum atomic E-state index is -1.17. The summed E-state index contributed by atoms with van der Waals surface area (Å²) in [6, 6.07) is 11.8. The van der Waals surface area contributed by atoms with Gasteiger partial charge in [-0.3, -0.25) is 5.32 Å². The van der Waals surface area contributed by atoms with E-state index in [2.05, 4.69) is 5.32 Å². The zero-order chi connectivity index (χ0) is 14.1. The first kappa shape index (κ1) is 12.6. The number of benzene rings is 2. The Morgan fingerprint density at radius 3 is 2.75 bits per heavy atom. The number of rotatable bonds is 2. The van der Waals surface area contributed by atoms with Gasteiger partial charge in [-0.2, -0.15) is 0 Å². The maximum atomic E-state index is 13.5. The predicted octanol–water partition coefficient (Wildman–Crippen LogP) is 4.80. The van der Waals surface area contributed by atoms with Crippen LogP contribution in [0.15, 0.2) is 47.8 Å². The van der Waals surface area contributed by atoms with Crippen LogP contribution in [0.1, 0.15) is 0 Å². The first-order chi connectivity index (χ1) is 9.65. The van der Waals surface area contributed by atoms with E-state index in [9.17, 15) is 9.18 Å². The maximum Gasteiger partial charge on any atom is 0.409 e. The number of anilines is 1. The van der Waals surface area contributed by atoms with Crippen LogP contribution < -0.4 is 5.32 Å². The third kappa shape index (κ3) is 2.23. The highest BCUT2D eigenvalue weighted by molar-refractivity contribution is 7.17. The summed E-state index contributed by atoms with van der Waals surface area (Å²) in [7, 11) is 0. The third-order valence-corrected chi connectivity index (χ3v) is 3.96. The maximum absolute atomic E-state index is 13.5. The van der Waals surface area contributed by atoms with E-state index < -0.39 is 11.9 Å². The Balaban J connectivity index is 2.22. The Bertz CT molecular complexity index is 797. The molecule has 0 saturated heterocycles. The summed E-state index contributed by atoms with van der Waals surface area (Å²) in [5.41, 5.74) is 1.75. The average Bonchev–Trinajstić information content (AvgIpc) is 2.84. The fraction of sp³-hybridized carbons (Fsp3) is 0. The molecule has 0 bridgehead atoms. The van der Waals surface area contributed by atoms with Crippen LogP contribution in [0.25, 0.3) is 21.2 Å². The molecular formula is C15H10FNO2S. The van der Waals surface area contributed by atoms with Gasteiger partial charge in [0.05, 0.1) is 5.69 Å². The molecule has 5 heteroatoms. The molecule has 0 unspecified atom stereocenters. The molecule has 0 saturated carbocycles. The van der Waals surface area contributed by atoms with Gasteiger partial charge in [0.2, 0.25) is 0 Å². The van der Waals surface area contributed by atoms with Gasteiger partial charge in [0, 0.05) is 21.2 Å². The molecular weight excluding hydrogens is 277 g/mol. The highest BCUT2D eigenvalue weighted by atomic mass is 32.1. The second-order valence-electron chi connectivity index (χ2n) is 4.27. The lowest BCUT2D eigenvalue weighted by Gasteiger charge is -2.09. The number of hydrogen-bond donors (Lipinski definition) is 2. The van der Waals surface area contributed by atoms with Crippen LogP contribution in [0.3, 0.4) is 0 Å². The Labute approximate surface area is 118 Å². The zero-order valence-corrected chi connectivity index (χ0v) is 11.1. The molecule has 3 nitrogen and oxygen atoms in total. The molecule has 0 atom stereocenters. The van der Waals surface area contributed by atoms with Crippen molar-refractivity contribution in [2.24, 2.45) is 0 Å². The molecule has 0 aliphatic heterocycles. The minimum Gasteiger partial charge on any atom is -0.465 e. The lowest BCUT2D eigenvalue weighted by Crippen LogP contribution is -2.08. The third-order valence-electron chi connectivity index (χ3n) is 2.99. The molecule has 1 aromatic heterocycles. The molecule has 0 aliphatic rings. The summed E-state index contributed by atoms with van der Waals surface area (Å²) in [6.45, 7) is 0. The summed E-state index contributed by atoms with van der Waals surface area (Å²) in [5, 5.41) is 14.1. The van der Waals surface area contributed by atoms with Crippen molar-refractivity contribution in [2.45, 2.75) is 0 Å². The Kier molecular flexibility index (Phi) is 3.12. The van der Waals surface area contributed by atoms with E-state index in [0.717, 1.165) is 15.6 Å². The summed E-state index contributed by atoms with van der Waals surface area (Å²) in [5.74, 6) is -0.397. The van der Waals surface area contributed by atoms with Crippen molar-refractivity contribution in [3.8, 4) is 11.1 Å². The number of halogens is 1. The van der Waals surface area contributed by atoms with Gasteiger partial charge >= 0.3 is 6.09 Å². The lowest BCUT2D eigenvalue weighted by molar-refractivity contribution is 0.210. The standard InChI is InChI=1S/C15H10FNO2S/c16-9-5-6-13(17-15(18)19)11(7-9)12-8-20-14-4-2-1-3-10(12)14/h1-8,17H,(H,18,19). The van der Waals surface area contributed by atoms with Crippen LogP contribution >= 0.6 is 11.3 Å². The van der Waals surface area contributed by atoms with Crippen molar-refractivity contribution in [3.05, 3.63) is 53.7 Å². The van der Waals surface area contributed by atoms with E-state index in [1.807, 2.05) is 29.6 Å². The molecule has 0 aliphatic carbocycles. The number of nitrogens with one attached hydrogen (secondary N) is 1. The highest BCUT2D eigenvalue weighted by Gasteiger charge is 2.13. The molecule has 2 N–H and O–H groups in total. The van der Waals surface area contributed by atoms with E-state index >= 15 is 0 Å². The number of fused-ring (bicyclic) bond motifs is 1. The second kappa shape index (κ2) is 4.94. The van der Waals surface area contributed by atoms with Gasteiger partial charge in [0.1, 0.15) is 5.82 Å². The van der Waals surface area contributed by atoms with Crippen molar-refractivity contribution in [1.29, 1.82) is 0 Å². The van der Waals surface area contributed by atoms with Crippen molar-refractivity contribution in [2.75, 3.05) is 5.32 Å². The molecule has 2 aromatic carbocycles. The van der Waals surface area contributed by atoms with E-state index in [0.29, 0.717) is 11.3 Å². The molecule has 1 heterocycles. The summed E-state index contributed by atoms with van der Waals surface area (Å²) >= 11 is 1.54. The number of thiophene rings is 1. The van der Waals surface area contributed by atoms with E-state index in [4.69, 9.17) is 5.11 Å². The smallest absolute Gasteiger partial charge is 0.409 e. The summed E-state index contributed by atoms with van der Waals surface area (Å²) in [4.78, 5) is 10.8. The van der Waals surface area contributed by atoms with Gasteiger partial charge in [0.15, 0.2) is 0 Å².